The molecule has 214 valence electrons. The van der Waals surface area contributed by atoms with E-state index in [0.29, 0.717) is 41.3 Å². The number of aryl methyl sites for hydroxylation is 1. The minimum absolute atomic E-state index is 0.182. The molecule has 3 aromatic rings. The number of ether oxygens (including phenoxy) is 1. The van der Waals surface area contributed by atoms with E-state index in [4.69, 9.17) is 32.9 Å². The van der Waals surface area contributed by atoms with Gasteiger partial charge in [0.1, 0.15) is 11.4 Å². The maximum absolute atomic E-state index is 13.0. The van der Waals surface area contributed by atoms with Crippen molar-refractivity contribution in [3.63, 3.8) is 0 Å². The van der Waals surface area contributed by atoms with Gasteiger partial charge in [-0.3, -0.25) is 4.90 Å². The Morgan fingerprint density at radius 1 is 1.05 bits per heavy atom. The molecule has 0 saturated carbocycles. The third kappa shape index (κ3) is 5.23. The summed E-state index contributed by atoms with van der Waals surface area (Å²) in [7, 11) is 0. The van der Waals surface area contributed by atoms with Gasteiger partial charge in [-0.2, -0.15) is 0 Å². The molecule has 0 aliphatic carbocycles. The largest absolute Gasteiger partial charge is 0.444 e. The van der Waals surface area contributed by atoms with Gasteiger partial charge in [0.15, 0.2) is 0 Å². The topological polar surface area (TPSA) is 50.6 Å². The Kier molecular flexibility index (Phi) is 7.33. The first kappa shape index (κ1) is 27.9. The lowest BCUT2D eigenvalue weighted by molar-refractivity contribution is 0.0279. The predicted molar refractivity (Wildman–Crippen MR) is 161 cm³/mol. The number of para-hydroxylation sites is 2. The van der Waals surface area contributed by atoms with Crippen molar-refractivity contribution in [3.05, 3.63) is 63.9 Å². The van der Waals surface area contributed by atoms with Gasteiger partial charge in [0.05, 0.1) is 21.1 Å². The van der Waals surface area contributed by atoms with Crippen LogP contribution in [0.15, 0.2) is 42.5 Å². The van der Waals surface area contributed by atoms with Crippen molar-refractivity contribution in [2.45, 2.75) is 95.4 Å². The highest BCUT2D eigenvalue weighted by molar-refractivity contribution is 6.42. The zero-order valence-corrected chi connectivity index (χ0v) is 25.5. The highest BCUT2D eigenvalue weighted by Gasteiger charge is 2.46. The number of carbonyl (C=O) groups is 1. The van der Waals surface area contributed by atoms with Gasteiger partial charge in [-0.25, -0.2) is 9.78 Å². The molecule has 0 spiro atoms. The predicted octanol–water partition coefficient (Wildman–Crippen LogP) is 7.79. The lowest BCUT2D eigenvalue weighted by atomic mass is 9.76. The Balaban J connectivity index is 1.21. The Morgan fingerprint density at radius 3 is 2.48 bits per heavy atom. The van der Waals surface area contributed by atoms with Gasteiger partial charge in [-0.15, -0.1) is 0 Å². The molecule has 3 aliphatic rings. The van der Waals surface area contributed by atoms with Crippen molar-refractivity contribution in [2.24, 2.45) is 0 Å². The number of fused-ring (bicyclic) bond motifs is 3. The molecule has 0 radical (unpaired) electrons. The second kappa shape index (κ2) is 10.5. The summed E-state index contributed by atoms with van der Waals surface area (Å²) < 4.78 is 8.23. The molecular weight excluding hydrogens is 543 g/mol. The van der Waals surface area contributed by atoms with Crippen LogP contribution in [0.5, 0.6) is 0 Å². The van der Waals surface area contributed by atoms with E-state index in [2.05, 4.69) is 46.7 Å². The highest BCUT2D eigenvalue weighted by Crippen LogP contribution is 2.45. The number of piperidine rings is 1. The van der Waals surface area contributed by atoms with Gasteiger partial charge < -0.3 is 14.2 Å². The van der Waals surface area contributed by atoms with Crippen LogP contribution >= 0.6 is 23.2 Å². The number of benzene rings is 2. The van der Waals surface area contributed by atoms with Gasteiger partial charge >= 0.3 is 6.09 Å². The monoisotopic (exact) mass is 582 g/mol. The molecule has 1 unspecified atom stereocenters. The smallest absolute Gasteiger partial charge is 0.410 e. The molecule has 40 heavy (non-hydrogen) atoms. The SMILES string of the molecule is Cc1nc2ccccc2n1C1C[C@@H]2CC[C@@H](C1)N2CCC1(c2ccc(Cl)c(Cl)c2)CCN(C(=O)OC(C)(C)C)C1. The van der Waals surface area contributed by atoms with Crippen molar-refractivity contribution in [1.82, 2.24) is 19.4 Å². The fourth-order valence-electron chi connectivity index (χ4n) is 7.56. The van der Waals surface area contributed by atoms with E-state index in [9.17, 15) is 4.79 Å². The number of rotatable bonds is 5. The molecule has 8 heteroatoms. The first-order valence-corrected chi connectivity index (χ1v) is 15.4. The fourth-order valence-corrected chi connectivity index (χ4v) is 7.85. The van der Waals surface area contributed by atoms with Crippen LogP contribution in [-0.2, 0) is 10.2 Å². The van der Waals surface area contributed by atoms with Gasteiger partial charge in [-0.05, 0) is 103 Å². The molecule has 0 N–H and O–H groups in total. The van der Waals surface area contributed by atoms with Crippen LogP contribution in [-0.4, -0.2) is 62.8 Å². The van der Waals surface area contributed by atoms with Gasteiger partial charge in [0.2, 0.25) is 0 Å². The second-order valence-corrected chi connectivity index (χ2v) is 13.9. The minimum atomic E-state index is -0.519. The molecule has 3 fully saturated rings. The molecule has 3 saturated heterocycles. The number of imidazole rings is 1. The summed E-state index contributed by atoms with van der Waals surface area (Å²) in [5.41, 5.74) is 2.81. The molecule has 2 bridgehead atoms. The van der Waals surface area contributed by atoms with Crippen molar-refractivity contribution in [2.75, 3.05) is 19.6 Å². The summed E-state index contributed by atoms with van der Waals surface area (Å²) >= 11 is 12.8. The lowest BCUT2D eigenvalue weighted by Crippen LogP contribution is -2.46. The number of nitrogens with zero attached hydrogens (tertiary/aromatic N) is 4. The van der Waals surface area contributed by atoms with E-state index >= 15 is 0 Å². The van der Waals surface area contributed by atoms with Crippen molar-refractivity contribution >= 4 is 40.3 Å². The van der Waals surface area contributed by atoms with Crippen LogP contribution in [0, 0.1) is 6.92 Å². The van der Waals surface area contributed by atoms with E-state index in [1.54, 1.807) is 0 Å². The summed E-state index contributed by atoms with van der Waals surface area (Å²) in [5, 5.41) is 1.13. The third-order valence-electron chi connectivity index (χ3n) is 9.38. The van der Waals surface area contributed by atoms with Crippen LogP contribution in [0.25, 0.3) is 11.0 Å². The maximum atomic E-state index is 13.0. The first-order valence-electron chi connectivity index (χ1n) is 14.7. The van der Waals surface area contributed by atoms with E-state index in [-0.39, 0.29) is 11.5 Å². The molecule has 2 aromatic carbocycles. The quantitative estimate of drug-likeness (QED) is 0.308. The Bertz CT molecular complexity index is 1400. The first-order chi connectivity index (χ1) is 19.0. The zero-order chi connectivity index (χ0) is 28.2. The van der Waals surface area contributed by atoms with Crippen LogP contribution in [0.4, 0.5) is 4.79 Å². The number of likely N-dealkylation sites (tertiary alicyclic amines) is 1. The third-order valence-corrected chi connectivity index (χ3v) is 10.1. The average molecular weight is 584 g/mol. The summed E-state index contributed by atoms with van der Waals surface area (Å²) in [6, 6.07) is 16.1. The summed E-state index contributed by atoms with van der Waals surface area (Å²) in [5.74, 6) is 1.12. The van der Waals surface area contributed by atoms with Crippen LogP contribution in [0.2, 0.25) is 10.0 Å². The summed E-state index contributed by atoms with van der Waals surface area (Å²) in [6.07, 6.45) is 6.42. The van der Waals surface area contributed by atoms with Gasteiger partial charge in [0.25, 0.3) is 0 Å². The van der Waals surface area contributed by atoms with Crippen LogP contribution < -0.4 is 0 Å². The Labute approximate surface area is 247 Å². The Hall–Kier alpha value is -2.28. The minimum Gasteiger partial charge on any atom is -0.444 e. The van der Waals surface area contributed by atoms with Gasteiger partial charge in [-0.1, -0.05) is 41.4 Å². The van der Waals surface area contributed by atoms with E-state index < -0.39 is 5.60 Å². The van der Waals surface area contributed by atoms with Crippen molar-refractivity contribution in [3.8, 4) is 0 Å². The zero-order valence-electron chi connectivity index (χ0n) is 24.0. The number of hydrogen-bond acceptors (Lipinski definition) is 4. The van der Waals surface area contributed by atoms with E-state index in [1.807, 2.05) is 37.8 Å². The molecular formula is C32H40Cl2N4O2. The lowest BCUT2D eigenvalue weighted by Gasteiger charge is -2.42. The number of amides is 1. The number of carbonyl (C=O) groups excluding carboxylic acids is 1. The normalized spacial score (nSPS) is 27.1. The molecule has 4 heterocycles. The maximum Gasteiger partial charge on any atom is 0.410 e. The fraction of sp³-hybridized carbons (Fsp3) is 0.562. The summed E-state index contributed by atoms with van der Waals surface area (Å²) in [4.78, 5) is 22.5. The number of halogens is 2. The average Bonchev–Trinajstić information content (AvgIpc) is 3.55. The van der Waals surface area contributed by atoms with E-state index in [1.165, 1.54) is 18.4 Å². The van der Waals surface area contributed by atoms with E-state index in [0.717, 1.165) is 49.1 Å². The number of aromatic nitrogens is 2. The molecule has 3 atom stereocenters. The Morgan fingerprint density at radius 2 is 1.77 bits per heavy atom. The van der Waals surface area contributed by atoms with Crippen molar-refractivity contribution in [1.29, 1.82) is 0 Å². The molecule has 6 rings (SSSR count). The van der Waals surface area contributed by atoms with Crippen molar-refractivity contribution < 1.29 is 9.53 Å². The van der Waals surface area contributed by atoms with Crippen LogP contribution in [0.1, 0.15) is 76.7 Å². The van der Waals surface area contributed by atoms with Crippen LogP contribution in [0.3, 0.4) is 0 Å². The highest BCUT2D eigenvalue weighted by atomic mass is 35.5. The standard InChI is InChI=1S/C32H40Cl2N4O2/c1-21-35-28-7-5-6-8-29(28)38(21)25-18-23-10-11-24(19-25)37(23)16-14-32(22-9-12-26(33)27(34)17-22)13-15-36(20-32)30(39)40-31(2,3)4/h5-9,12,17,23-25H,10-11,13-16,18-20H2,1-4H3/t23-,24-,32?/m0/s1. The number of hydrogen-bond donors (Lipinski definition) is 0. The summed E-state index contributed by atoms with van der Waals surface area (Å²) in [6.45, 7) is 10.2. The molecule has 6 nitrogen and oxygen atoms in total. The second-order valence-electron chi connectivity index (χ2n) is 13.1. The van der Waals surface area contributed by atoms with Gasteiger partial charge in [0, 0.05) is 36.6 Å². The molecule has 1 amide bonds. The molecule has 1 aromatic heterocycles. The molecule has 3 aliphatic heterocycles.